The Morgan fingerprint density at radius 3 is 2.58 bits per heavy atom. The molecule has 7 nitrogen and oxygen atoms in total. The van der Waals surface area contributed by atoms with E-state index >= 15 is 0 Å². The summed E-state index contributed by atoms with van der Waals surface area (Å²) in [6.45, 7) is 0.425. The van der Waals surface area contributed by atoms with Crippen LogP contribution in [0.3, 0.4) is 0 Å². The highest BCUT2D eigenvalue weighted by molar-refractivity contribution is 7.89. The third kappa shape index (κ3) is 3.26. The van der Waals surface area contributed by atoms with E-state index in [0.29, 0.717) is 24.3 Å². The lowest BCUT2D eigenvalue weighted by molar-refractivity contribution is -0.162. The Bertz CT molecular complexity index is 748. The number of nitrogens with zero attached hydrogens (tertiary/aromatic N) is 1. The maximum absolute atomic E-state index is 12.7. The van der Waals surface area contributed by atoms with Gasteiger partial charge in [0.1, 0.15) is 6.04 Å². The number of benzene rings is 1. The summed E-state index contributed by atoms with van der Waals surface area (Å²) in [6, 6.07) is 4.82. The minimum atomic E-state index is -3.84. The fraction of sp³-hybridized carbons (Fsp3) is 0.467. The molecule has 9 heteroatoms. The van der Waals surface area contributed by atoms with E-state index in [9.17, 15) is 18.0 Å². The van der Waals surface area contributed by atoms with Gasteiger partial charge in [-0.25, -0.2) is 13.2 Å². The number of hydrogen-bond donors (Lipinski definition) is 0. The first-order valence-electron chi connectivity index (χ1n) is 7.54. The van der Waals surface area contributed by atoms with Crippen molar-refractivity contribution >= 4 is 33.6 Å². The molecule has 1 aromatic carbocycles. The first kappa shape index (κ1) is 17.2. The average molecular weight is 374 g/mol. The summed E-state index contributed by atoms with van der Waals surface area (Å²) < 4.78 is 36.5. The van der Waals surface area contributed by atoms with Crippen LogP contribution in [-0.2, 0) is 29.1 Å². The van der Waals surface area contributed by atoms with E-state index in [1.165, 1.54) is 24.3 Å². The first-order valence-corrected chi connectivity index (χ1v) is 9.36. The number of carbonyl (C=O) groups excluding carboxylic acids is 2. The van der Waals surface area contributed by atoms with Crippen molar-refractivity contribution in [3.8, 4) is 0 Å². The number of esters is 2. The summed E-state index contributed by atoms with van der Waals surface area (Å²) in [5.74, 6) is -1.30. The van der Waals surface area contributed by atoms with E-state index in [-0.39, 0.29) is 18.0 Å². The largest absolute Gasteiger partial charge is 0.463 e. The second-order valence-electron chi connectivity index (χ2n) is 5.61. The van der Waals surface area contributed by atoms with Crippen LogP contribution in [0.1, 0.15) is 19.3 Å². The van der Waals surface area contributed by atoms with Crippen molar-refractivity contribution in [1.29, 1.82) is 0 Å². The molecule has 130 valence electrons. The smallest absolute Gasteiger partial charge is 0.347 e. The molecule has 0 saturated carbocycles. The van der Waals surface area contributed by atoms with Crippen LogP contribution >= 0.6 is 11.6 Å². The van der Waals surface area contributed by atoms with E-state index in [1.54, 1.807) is 0 Å². The van der Waals surface area contributed by atoms with Gasteiger partial charge < -0.3 is 9.47 Å². The molecule has 24 heavy (non-hydrogen) atoms. The highest BCUT2D eigenvalue weighted by Gasteiger charge is 2.42. The van der Waals surface area contributed by atoms with Crippen molar-refractivity contribution < 1.29 is 27.5 Å². The Kier molecular flexibility index (Phi) is 4.80. The SMILES string of the molecule is O=C1OCC[C@@H]1OC(=O)[C@@H]1CCCN1S(=O)(=O)c1ccc(Cl)cc1. The topological polar surface area (TPSA) is 90.0 Å². The number of halogens is 1. The molecule has 2 saturated heterocycles. The van der Waals surface area contributed by atoms with Gasteiger partial charge in [-0.3, -0.25) is 4.79 Å². The average Bonchev–Trinajstić information content (AvgIpc) is 3.18. The van der Waals surface area contributed by atoms with Gasteiger partial charge in [-0.05, 0) is 37.1 Å². The fourth-order valence-electron chi connectivity index (χ4n) is 2.81. The van der Waals surface area contributed by atoms with Gasteiger partial charge >= 0.3 is 11.9 Å². The van der Waals surface area contributed by atoms with Gasteiger partial charge in [0.15, 0.2) is 0 Å². The minimum Gasteiger partial charge on any atom is -0.463 e. The van der Waals surface area contributed by atoms with E-state index in [2.05, 4.69) is 0 Å². The van der Waals surface area contributed by atoms with Gasteiger partial charge in [-0.2, -0.15) is 4.31 Å². The lowest BCUT2D eigenvalue weighted by atomic mass is 10.2. The molecule has 0 aliphatic carbocycles. The number of sulfonamides is 1. The first-order chi connectivity index (χ1) is 11.4. The predicted octanol–water partition coefficient (Wildman–Crippen LogP) is 1.35. The van der Waals surface area contributed by atoms with Crippen LogP contribution in [-0.4, -0.2) is 50.0 Å². The van der Waals surface area contributed by atoms with Gasteiger partial charge in [-0.1, -0.05) is 11.6 Å². The third-order valence-electron chi connectivity index (χ3n) is 4.04. The van der Waals surface area contributed by atoms with Crippen LogP contribution in [0, 0.1) is 0 Å². The lowest BCUT2D eigenvalue weighted by Gasteiger charge is -2.23. The second kappa shape index (κ2) is 6.70. The van der Waals surface area contributed by atoms with Gasteiger partial charge in [-0.15, -0.1) is 0 Å². The number of ether oxygens (including phenoxy) is 2. The van der Waals surface area contributed by atoms with Crippen molar-refractivity contribution in [1.82, 2.24) is 4.31 Å². The fourth-order valence-corrected chi connectivity index (χ4v) is 4.58. The standard InChI is InChI=1S/C15H16ClNO6S/c16-10-3-5-11(6-4-10)24(20,21)17-8-1-2-12(17)14(18)23-13-7-9-22-15(13)19/h3-6,12-13H,1-2,7-9H2/t12-,13-/m0/s1. The highest BCUT2D eigenvalue weighted by atomic mass is 35.5. The molecular weight excluding hydrogens is 358 g/mol. The molecule has 0 aromatic heterocycles. The summed E-state index contributed by atoms with van der Waals surface area (Å²) >= 11 is 5.78. The van der Waals surface area contributed by atoms with E-state index in [1.807, 2.05) is 0 Å². The van der Waals surface area contributed by atoms with Crippen molar-refractivity contribution in [3.63, 3.8) is 0 Å². The zero-order chi connectivity index (χ0) is 17.3. The molecule has 0 bridgehead atoms. The molecule has 2 fully saturated rings. The summed E-state index contributed by atoms with van der Waals surface area (Å²) in [5.41, 5.74) is 0. The Morgan fingerprint density at radius 1 is 1.25 bits per heavy atom. The Balaban J connectivity index is 1.78. The predicted molar refractivity (Wildman–Crippen MR) is 83.8 cm³/mol. The second-order valence-corrected chi connectivity index (χ2v) is 7.94. The quantitative estimate of drug-likeness (QED) is 0.740. The molecule has 0 N–H and O–H groups in total. The van der Waals surface area contributed by atoms with Crippen LogP contribution in [0.25, 0.3) is 0 Å². The zero-order valence-corrected chi connectivity index (χ0v) is 14.3. The number of cyclic esters (lactones) is 1. The van der Waals surface area contributed by atoms with Gasteiger partial charge in [0.05, 0.1) is 11.5 Å². The number of hydrogen-bond acceptors (Lipinski definition) is 6. The van der Waals surface area contributed by atoms with Gasteiger partial charge in [0, 0.05) is 18.0 Å². The number of rotatable bonds is 4. The van der Waals surface area contributed by atoms with Crippen LogP contribution in [0.5, 0.6) is 0 Å². The van der Waals surface area contributed by atoms with Crippen molar-refractivity contribution in [2.75, 3.05) is 13.2 Å². The third-order valence-corrected chi connectivity index (χ3v) is 6.22. The monoisotopic (exact) mass is 373 g/mol. The minimum absolute atomic E-state index is 0.0619. The molecule has 2 heterocycles. The highest BCUT2D eigenvalue weighted by Crippen LogP contribution is 2.28. The van der Waals surface area contributed by atoms with E-state index in [4.69, 9.17) is 21.1 Å². The van der Waals surface area contributed by atoms with Gasteiger partial charge in [0.25, 0.3) is 0 Å². The van der Waals surface area contributed by atoms with Gasteiger partial charge in [0.2, 0.25) is 16.1 Å². The molecule has 0 spiro atoms. The Morgan fingerprint density at radius 2 is 1.96 bits per heavy atom. The van der Waals surface area contributed by atoms with Crippen molar-refractivity contribution in [2.45, 2.75) is 36.3 Å². The molecule has 1 aromatic rings. The van der Waals surface area contributed by atoms with Crippen molar-refractivity contribution in [2.24, 2.45) is 0 Å². The Hall–Kier alpha value is -1.64. The van der Waals surface area contributed by atoms with Crippen LogP contribution in [0.2, 0.25) is 5.02 Å². The normalized spacial score (nSPS) is 24.8. The molecule has 0 amide bonds. The molecule has 0 unspecified atom stereocenters. The number of carbonyl (C=O) groups is 2. The van der Waals surface area contributed by atoms with E-state index < -0.39 is 34.1 Å². The zero-order valence-electron chi connectivity index (χ0n) is 12.7. The summed E-state index contributed by atoms with van der Waals surface area (Å²) in [4.78, 5) is 23.8. The molecular formula is C15H16ClNO6S. The van der Waals surface area contributed by atoms with E-state index in [0.717, 1.165) is 4.31 Å². The molecule has 2 aliphatic heterocycles. The summed E-state index contributed by atoms with van der Waals surface area (Å²) in [6.07, 6.45) is 0.245. The molecule has 2 atom stereocenters. The van der Waals surface area contributed by atoms with Crippen LogP contribution in [0.15, 0.2) is 29.2 Å². The van der Waals surface area contributed by atoms with Crippen LogP contribution in [0.4, 0.5) is 0 Å². The molecule has 2 aliphatic rings. The van der Waals surface area contributed by atoms with Crippen molar-refractivity contribution in [3.05, 3.63) is 29.3 Å². The lowest BCUT2D eigenvalue weighted by Crippen LogP contribution is -2.42. The maximum atomic E-state index is 12.7. The maximum Gasteiger partial charge on any atom is 0.347 e. The molecule has 0 radical (unpaired) electrons. The summed E-state index contributed by atoms with van der Waals surface area (Å²) in [5, 5.41) is 0.422. The Labute approximate surface area is 144 Å². The van der Waals surface area contributed by atoms with Crippen LogP contribution < -0.4 is 0 Å². The molecule has 3 rings (SSSR count). The summed E-state index contributed by atoms with van der Waals surface area (Å²) in [7, 11) is -3.84.